The van der Waals surface area contributed by atoms with Gasteiger partial charge in [-0.1, -0.05) is 13.8 Å². The second-order valence-corrected chi connectivity index (χ2v) is 2.14. The van der Waals surface area contributed by atoms with Crippen molar-refractivity contribution in [3.05, 3.63) is 0 Å². The molecule has 0 spiro atoms. The Balaban J connectivity index is 2.54. The summed E-state index contributed by atoms with van der Waals surface area (Å²) in [7, 11) is 0. The monoisotopic (exact) mass is 90.1 g/mol. The van der Waals surface area contributed by atoms with Crippen LogP contribution in [0.25, 0.3) is 0 Å². The van der Waals surface area contributed by atoms with E-state index in [1.807, 2.05) is 0 Å². The Morgan fingerprint density at radius 2 is 2.00 bits per heavy atom. The molecule has 0 aliphatic heterocycles. The fraction of sp³-hybridized carbons (Fsp3) is 1.00. The molecule has 0 nitrogen and oxygen atoms in total. The largest absolute Gasteiger partial charge is 0.176 e. The van der Waals surface area contributed by atoms with Crippen LogP contribution < -0.4 is 0 Å². The van der Waals surface area contributed by atoms with Gasteiger partial charge in [-0.3, -0.25) is 0 Å². The molecule has 0 saturated carbocycles. The zero-order valence-electron chi connectivity index (χ0n) is 3.73. The Kier molecular flexibility index (Phi) is 2.76. The highest BCUT2D eigenvalue weighted by molar-refractivity contribution is 7.80. The molecule has 1 atom stereocenters. The molecule has 0 saturated heterocycles. The van der Waals surface area contributed by atoms with Crippen molar-refractivity contribution in [2.24, 2.45) is 0 Å². The van der Waals surface area contributed by atoms with Gasteiger partial charge in [-0.05, 0) is 11.7 Å². The lowest BCUT2D eigenvalue weighted by Gasteiger charge is -1.89. The summed E-state index contributed by atoms with van der Waals surface area (Å²) in [6.07, 6.45) is 1.17. The Hall–Kier alpha value is 0.350. The predicted molar refractivity (Wildman–Crippen MR) is 28.7 cm³/mol. The van der Waals surface area contributed by atoms with E-state index in [1.165, 1.54) is 6.42 Å². The summed E-state index contributed by atoms with van der Waals surface area (Å²) in [4.78, 5) is 0. The summed E-state index contributed by atoms with van der Waals surface area (Å²) in [5.74, 6) is 0. The summed E-state index contributed by atoms with van der Waals surface area (Å²) in [6.45, 7) is 4.21. The van der Waals surface area contributed by atoms with Gasteiger partial charge in [-0.15, -0.1) is 0 Å². The zero-order valence-corrected chi connectivity index (χ0v) is 4.63. The van der Waals surface area contributed by atoms with Crippen LogP contribution in [0.5, 0.6) is 0 Å². The van der Waals surface area contributed by atoms with Crippen LogP contribution in [0.4, 0.5) is 0 Å². The van der Waals surface area contributed by atoms with Crippen LogP contribution in [0.2, 0.25) is 0 Å². The van der Waals surface area contributed by atoms with Gasteiger partial charge in [0, 0.05) is 0 Å². The predicted octanol–water partition coefficient (Wildman–Crippen LogP) is 1.71. The van der Waals surface area contributed by atoms with Gasteiger partial charge in [0.1, 0.15) is 0 Å². The maximum absolute atomic E-state index is 4.10. The first-order valence-electron chi connectivity index (χ1n) is 1.95. The van der Waals surface area contributed by atoms with Gasteiger partial charge >= 0.3 is 0 Å². The average Bonchev–Trinajstić information content (AvgIpc) is 1.38. The van der Waals surface area contributed by atoms with Gasteiger partial charge in [0.2, 0.25) is 0 Å². The minimum atomic E-state index is 0.579. The maximum Gasteiger partial charge on any atom is -0.00142 e. The molecule has 0 fully saturated rings. The molecule has 0 radical (unpaired) electrons. The van der Waals surface area contributed by atoms with E-state index >= 15 is 0 Å². The number of thiol groups is 1. The van der Waals surface area contributed by atoms with Crippen LogP contribution in [0.3, 0.4) is 0 Å². The Bertz CT molecular complexity index is 17.6. The Morgan fingerprint density at radius 3 is 2.00 bits per heavy atom. The van der Waals surface area contributed by atoms with E-state index in [-0.39, 0.29) is 0 Å². The molecule has 0 N–H and O–H groups in total. The molecule has 0 aromatic rings. The van der Waals surface area contributed by atoms with E-state index in [0.29, 0.717) is 5.25 Å². The molecule has 0 aliphatic carbocycles. The molecule has 5 heavy (non-hydrogen) atoms. The van der Waals surface area contributed by atoms with Crippen LogP contribution >= 0.6 is 12.6 Å². The minimum Gasteiger partial charge on any atom is -0.176 e. The molecule has 32 valence electrons. The van der Waals surface area contributed by atoms with E-state index in [9.17, 15) is 0 Å². The molecular weight excluding hydrogens is 80.1 g/mol. The second kappa shape index (κ2) is 2.58. The summed E-state index contributed by atoms with van der Waals surface area (Å²) in [5, 5.41) is 0.579. The van der Waals surface area contributed by atoms with Gasteiger partial charge in [0.05, 0.1) is 0 Å². The van der Waals surface area contributed by atoms with Crippen LogP contribution in [0.15, 0.2) is 0 Å². The average molecular weight is 90.2 g/mol. The van der Waals surface area contributed by atoms with E-state index in [4.69, 9.17) is 0 Å². The second-order valence-electron chi connectivity index (χ2n) is 1.26. The summed E-state index contributed by atoms with van der Waals surface area (Å²) < 4.78 is 0. The molecule has 0 rings (SSSR count). The molecule has 0 amide bonds. The van der Waals surface area contributed by atoms with Crippen LogP contribution in [-0.2, 0) is 0 Å². The van der Waals surface area contributed by atoms with Gasteiger partial charge < -0.3 is 0 Å². The van der Waals surface area contributed by atoms with Gasteiger partial charge in [-0.25, -0.2) is 0 Å². The van der Waals surface area contributed by atoms with Gasteiger partial charge in [0.15, 0.2) is 0 Å². The van der Waals surface area contributed by atoms with Crippen molar-refractivity contribution in [1.29, 1.82) is 0 Å². The first kappa shape index (κ1) is 5.35. The third-order valence-electron chi connectivity index (χ3n) is 0.591. The van der Waals surface area contributed by atoms with E-state index in [0.717, 1.165) is 0 Å². The van der Waals surface area contributed by atoms with E-state index in [2.05, 4.69) is 26.5 Å². The minimum absolute atomic E-state index is 0.579. The smallest absolute Gasteiger partial charge is 0.00142 e. The molecule has 0 aliphatic rings. The normalized spacial score (nSPS) is 15.0. The highest BCUT2D eigenvalue weighted by Gasteiger charge is 1.81. The summed E-state index contributed by atoms with van der Waals surface area (Å²) in [6, 6.07) is 0. The van der Waals surface area contributed by atoms with Crippen molar-refractivity contribution >= 4 is 12.6 Å². The third-order valence-corrected chi connectivity index (χ3v) is 0.956. The van der Waals surface area contributed by atoms with Crippen molar-refractivity contribution in [3.63, 3.8) is 0 Å². The van der Waals surface area contributed by atoms with Crippen LogP contribution in [0.1, 0.15) is 20.3 Å². The van der Waals surface area contributed by atoms with Crippen molar-refractivity contribution in [2.75, 3.05) is 0 Å². The van der Waals surface area contributed by atoms with E-state index < -0.39 is 0 Å². The maximum atomic E-state index is 4.10. The molecule has 0 bridgehead atoms. The highest BCUT2D eigenvalue weighted by Crippen LogP contribution is 1.94. The Labute approximate surface area is 39.0 Å². The lowest BCUT2D eigenvalue weighted by Crippen LogP contribution is -1.81. The highest BCUT2D eigenvalue weighted by atomic mass is 32.1. The quantitative estimate of drug-likeness (QED) is 0.466. The lowest BCUT2D eigenvalue weighted by atomic mass is 10.4. The van der Waals surface area contributed by atoms with Gasteiger partial charge in [-0.2, -0.15) is 12.6 Å². The lowest BCUT2D eigenvalue weighted by molar-refractivity contribution is 0.913. The molecule has 0 aromatic carbocycles. The SMILES string of the molecule is CC[C@@H](C)S. The third kappa shape index (κ3) is 4.35. The van der Waals surface area contributed by atoms with Gasteiger partial charge in [0.25, 0.3) is 0 Å². The van der Waals surface area contributed by atoms with Crippen molar-refractivity contribution < 1.29 is 0 Å². The first-order valence-corrected chi connectivity index (χ1v) is 2.47. The fourth-order valence-corrected chi connectivity index (χ4v) is 0. The zero-order chi connectivity index (χ0) is 4.28. The first-order chi connectivity index (χ1) is 2.27. The molecule has 0 unspecified atom stereocenters. The van der Waals surface area contributed by atoms with E-state index in [1.54, 1.807) is 0 Å². The number of hydrogen-bond acceptors (Lipinski definition) is 1. The van der Waals surface area contributed by atoms with Crippen LogP contribution in [0, 0.1) is 0 Å². The number of hydrogen-bond donors (Lipinski definition) is 1. The Morgan fingerprint density at radius 1 is 1.80 bits per heavy atom. The summed E-state index contributed by atoms with van der Waals surface area (Å²) in [5.41, 5.74) is 0. The van der Waals surface area contributed by atoms with Crippen molar-refractivity contribution in [2.45, 2.75) is 25.5 Å². The van der Waals surface area contributed by atoms with Crippen LogP contribution in [-0.4, -0.2) is 5.25 Å². The molecule has 0 aromatic heterocycles. The fourth-order valence-electron chi connectivity index (χ4n) is 0. The number of rotatable bonds is 1. The summed E-state index contributed by atoms with van der Waals surface area (Å²) >= 11 is 4.10. The molecular formula is C4H10S. The molecule has 0 heterocycles. The topological polar surface area (TPSA) is 0 Å². The van der Waals surface area contributed by atoms with Crippen molar-refractivity contribution in [3.8, 4) is 0 Å². The standard InChI is InChI=1S/C4H10S/c1-3-4(2)5/h4-5H,3H2,1-2H3/t4-/m1/s1. The van der Waals surface area contributed by atoms with Crippen molar-refractivity contribution in [1.82, 2.24) is 0 Å². The molecule has 1 heteroatoms.